The Bertz CT molecular complexity index is 804. The predicted molar refractivity (Wildman–Crippen MR) is 88.4 cm³/mol. The molecule has 1 aliphatic rings. The van der Waals surface area contributed by atoms with Crippen LogP contribution in [-0.2, 0) is 0 Å². The van der Waals surface area contributed by atoms with E-state index in [-0.39, 0.29) is 6.10 Å². The standard InChI is InChI=1S/C15H15N3OS2/c1-8-9(2)21-15-12(8)14(18-6-10(19)7-18)16-13(17-15)11-4-3-5-20-11/h3-5,10,19H,6-7H2,1-2H3. The minimum atomic E-state index is -0.236. The lowest BCUT2D eigenvalue weighted by molar-refractivity contribution is 0.141. The highest BCUT2D eigenvalue weighted by molar-refractivity contribution is 7.19. The first kappa shape index (κ1) is 13.2. The number of nitrogens with zero attached hydrogens (tertiary/aromatic N) is 3. The maximum absolute atomic E-state index is 9.60. The monoisotopic (exact) mass is 317 g/mol. The summed E-state index contributed by atoms with van der Waals surface area (Å²) in [7, 11) is 0. The molecular weight excluding hydrogens is 302 g/mol. The van der Waals surface area contributed by atoms with Gasteiger partial charge in [0.05, 0.1) is 16.4 Å². The smallest absolute Gasteiger partial charge is 0.173 e. The van der Waals surface area contributed by atoms with Gasteiger partial charge in [0.1, 0.15) is 10.6 Å². The quantitative estimate of drug-likeness (QED) is 0.788. The number of aliphatic hydroxyl groups is 1. The number of aryl methyl sites for hydroxylation is 2. The van der Waals surface area contributed by atoms with E-state index < -0.39 is 0 Å². The van der Waals surface area contributed by atoms with Crippen LogP contribution >= 0.6 is 22.7 Å². The topological polar surface area (TPSA) is 49.2 Å². The van der Waals surface area contributed by atoms with Crippen molar-refractivity contribution in [2.24, 2.45) is 0 Å². The largest absolute Gasteiger partial charge is 0.389 e. The molecule has 0 bridgehead atoms. The molecule has 0 spiro atoms. The van der Waals surface area contributed by atoms with Gasteiger partial charge in [0.15, 0.2) is 5.82 Å². The Kier molecular flexibility index (Phi) is 2.99. The lowest BCUT2D eigenvalue weighted by Crippen LogP contribution is -2.51. The molecule has 108 valence electrons. The van der Waals surface area contributed by atoms with Gasteiger partial charge < -0.3 is 10.0 Å². The number of rotatable bonds is 2. The van der Waals surface area contributed by atoms with Crippen molar-refractivity contribution in [3.63, 3.8) is 0 Å². The van der Waals surface area contributed by atoms with Gasteiger partial charge in [0, 0.05) is 18.0 Å². The van der Waals surface area contributed by atoms with E-state index in [1.165, 1.54) is 10.4 Å². The summed E-state index contributed by atoms with van der Waals surface area (Å²) in [6.45, 7) is 5.57. The highest BCUT2D eigenvalue weighted by atomic mass is 32.1. The summed E-state index contributed by atoms with van der Waals surface area (Å²) in [6.07, 6.45) is -0.236. The van der Waals surface area contributed by atoms with Crippen LogP contribution in [0.4, 0.5) is 5.82 Å². The van der Waals surface area contributed by atoms with E-state index in [9.17, 15) is 5.11 Å². The molecule has 0 unspecified atom stereocenters. The van der Waals surface area contributed by atoms with Gasteiger partial charge in [-0.3, -0.25) is 0 Å². The van der Waals surface area contributed by atoms with E-state index >= 15 is 0 Å². The average Bonchev–Trinajstić information content (AvgIpc) is 3.04. The third-order valence-corrected chi connectivity index (χ3v) is 5.88. The third-order valence-electron chi connectivity index (χ3n) is 3.91. The van der Waals surface area contributed by atoms with Gasteiger partial charge in [0.2, 0.25) is 0 Å². The van der Waals surface area contributed by atoms with Crippen LogP contribution in [0.3, 0.4) is 0 Å². The summed E-state index contributed by atoms with van der Waals surface area (Å²) < 4.78 is 0. The van der Waals surface area contributed by atoms with Crippen molar-refractivity contribution in [1.29, 1.82) is 0 Å². The van der Waals surface area contributed by atoms with Crippen LogP contribution < -0.4 is 4.90 Å². The first-order chi connectivity index (χ1) is 10.1. The van der Waals surface area contributed by atoms with E-state index in [1.54, 1.807) is 22.7 Å². The second-order valence-electron chi connectivity index (χ2n) is 5.37. The van der Waals surface area contributed by atoms with Crippen molar-refractivity contribution >= 4 is 38.7 Å². The molecule has 3 aromatic rings. The zero-order valence-electron chi connectivity index (χ0n) is 11.8. The number of anilines is 1. The molecule has 1 aliphatic heterocycles. The van der Waals surface area contributed by atoms with Crippen LogP contribution in [-0.4, -0.2) is 34.3 Å². The molecule has 3 aromatic heterocycles. The predicted octanol–water partition coefficient (Wildman–Crippen LogP) is 3.22. The summed E-state index contributed by atoms with van der Waals surface area (Å²) in [4.78, 5) is 15.1. The number of β-amino-alcohol motifs (C(OH)–C–C–N with tert-alkyl or cyclic N) is 1. The highest BCUT2D eigenvalue weighted by Gasteiger charge is 2.29. The summed E-state index contributed by atoms with van der Waals surface area (Å²) in [6, 6.07) is 4.07. The molecule has 0 saturated carbocycles. The maximum Gasteiger partial charge on any atom is 0.173 e. The van der Waals surface area contributed by atoms with Gasteiger partial charge in [-0.15, -0.1) is 22.7 Å². The van der Waals surface area contributed by atoms with Gasteiger partial charge in [-0.2, -0.15) is 0 Å². The van der Waals surface area contributed by atoms with E-state index in [2.05, 4.69) is 18.7 Å². The van der Waals surface area contributed by atoms with Crippen LogP contribution in [0.15, 0.2) is 17.5 Å². The molecule has 4 rings (SSSR count). The second kappa shape index (κ2) is 4.76. The zero-order valence-corrected chi connectivity index (χ0v) is 13.5. The first-order valence-electron chi connectivity index (χ1n) is 6.88. The Morgan fingerprint density at radius 3 is 2.76 bits per heavy atom. The number of aromatic nitrogens is 2. The SMILES string of the molecule is Cc1sc2nc(-c3cccs3)nc(N3CC(O)C3)c2c1C. The number of hydrogen-bond acceptors (Lipinski definition) is 6. The number of hydrogen-bond donors (Lipinski definition) is 1. The maximum atomic E-state index is 9.60. The summed E-state index contributed by atoms with van der Waals surface area (Å²) in [5.41, 5.74) is 1.25. The molecule has 0 aromatic carbocycles. The summed E-state index contributed by atoms with van der Waals surface area (Å²) in [5, 5.41) is 12.8. The fourth-order valence-corrected chi connectivity index (χ4v) is 4.28. The third kappa shape index (κ3) is 2.06. The number of fused-ring (bicyclic) bond motifs is 1. The average molecular weight is 317 g/mol. The van der Waals surface area contributed by atoms with Gasteiger partial charge >= 0.3 is 0 Å². The van der Waals surface area contributed by atoms with E-state index in [4.69, 9.17) is 9.97 Å². The van der Waals surface area contributed by atoms with Crippen molar-refractivity contribution in [2.75, 3.05) is 18.0 Å². The molecule has 4 heterocycles. The van der Waals surface area contributed by atoms with Crippen LogP contribution in [0.5, 0.6) is 0 Å². The van der Waals surface area contributed by atoms with Gasteiger partial charge in [-0.05, 0) is 30.9 Å². The molecule has 0 aliphatic carbocycles. The Hall–Kier alpha value is -1.50. The minimum absolute atomic E-state index is 0.236. The summed E-state index contributed by atoms with van der Waals surface area (Å²) in [5.74, 6) is 1.76. The minimum Gasteiger partial charge on any atom is -0.389 e. The molecule has 1 fully saturated rings. The number of aliphatic hydroxyl groups excluding tert-OH is 1. The van der Waals surface area contributed by atoms with Crippen molar-refractivity contribution in [2.45, 2.75) is 20.0 Å². The van der Waals surface area contributed by atoms with E-state index in [0.717, 1.165) is 26.7 Å². The summed E-state index contributed by atoms with van der Waals surface area (Å²) >= 11 is 3.38. The fraction of sp³-hybridized carbons (Fsp3) is 0.333. The Morgan fingerprint density at radius 2 is 2.10 bits per heavy atom. The highest BCUT2D eigenvalue weighted by Crippen LogP contribution is 2.38. The van der Waals surface area contributed by atoms with Crippen LogP contribution in [0.1, 0.15) is 10.4 Å². The van der Waals surface area contributed by atoms with Crippen LogP contribution in [0.25, 0.3) is 20.9 Å². The van der Waals surface area contributed by atoms with Crippen molar-refractivity contribution < 1.29 is 5.11 Å². The molecule has 21 heavy (non-hydrogen) atoms. The Morgan fingerprint density at radius 1 is 1.29 bits per heavy atom. The fourth-order valence-electron chi connectivity index (χ4n) is 2.60. The molecule has 1 N–H and O–H groups in total. The lowest BCUT2D eigenvalue weighted by atomic mass is 10.1. The van der Waals surface area contributed by atoms with Crippen molar-refractivity contribution in [3.8, 4) is 10.7 Å². The second-order valence-corrected chi connectivity index (χ2v) is 7.52. The van der Waals surface area contributed by atoms with Gasteiger partial charge in [-0.25, -0.2) is 9.97 Å². The lowest BCUT2D eigenvalue weighted by Gasteiger charge is -2.37. The molecule has 0 radical (unpaired) electrons. The normalized spacial score (nSPS) is 15.7. The Balaban J connectivity index is 1.95. The molecule has 0 atom stereocenters. The molecule has 0 amide bonds. The van der Waals surface area contributed by atoms with Gasteiger partial charge in [0.25, 0.3) is 0 Å². The first-order valence-corrected chi connectivity index (χ1v) is 8.57. The molecule has 1 saturated heterocycles. The van der Waals surface area contributed by atoms with Crippen molar-refractivity contribution in [1.82, 2.24) is 9.97 Å². The molecular formula is C15H15N3OS2. The Labute approximate surface area is 130 Å². The molecule has 6 heteroatoms. The molecule has 4 nitrogen and oxygen atoms in total. The van der Waals surface area contributed by atoms with E-state index in [0.29, 0.717) is 13.1 Å². The zero-order chi connectivity index (χ0) is 14.6. The van der Waals surface area contributed by atoms with Crippen LogP contribution in [0, 0.1) is 13.8 Å². The number of thiophene rings is 2. The van der Waals surface area contributed by atoms with Crippen LogP contribution in [0.2, 0.25) is 0 Å². The van der Waals surface area contributed by atoms with Crippen molar-refractivity contribution in [3.05, 3.63) is 28.0 Å². The van der Waals surface area contributed by atoms with Gasteiger partial charge in [-0.1, -0.05) is 6.07 Å². The van der Waals surface area contributed by atoms with E-state index in [1.807, 2.05) is 17.5 Å².